The van der Waals surface area contributed by atoms with Crippen molar-refractivity contribution in [3.63, 3.8) is 0 Å². The Labute approximate surface area is 89.4 Å². The minimum atomic E-state index is 0.148. The molecule has 2 rings (SSSR count). The van der Waals surface area contributed by atoms with Gasteiger partial charge < -0.3 is 15.4 Å². The van der Waals surface area contributed by atoms with Crippen LogP contribution in [0.15, 0.2) is 35.3 Å². The third-order valence-electron chi connectivity index (χ3n) is 2.41. The highest BCUT2D eigenvalue weighted by atomic mass is 16.5. The van der Waals surface area contributed by atoms with Crippen LogP contribution in [0.25, 0.3) is 0 Å². The van der Waals surface area contributed by atoms with E-state index in [1.54, 1.807) is 0 Å². The molecule has 15 heavy (non-hydrogen) atoms. The molecule has 1 aliphatic heterocycles. The van der Waals surface area contributed by atoms with Crippen LogP contribution >= 0.6 is 0 Å². The Morgan fingerprint density at radius 1 is 1.47 bits per heavy atom. The largest absolute Gasteiger partial charge is 0.463 e. The van der Waals surface area contributed by atoms with Crippen molar-refractivity contribution in [1.82, 2.24) is 0 Å². The quantitative estimate of drug-likeness (QED) is 0.795. The average molecular weight is 205 g/mol. The van der Waals surface area contributed by atoms with Crippen LogP contribution in [0.3, 0.4) is 0 Å². The summed E-state index contributed by atoms with van der Waals surface area (Å²) in [5.74, 6) is 0. The zero-order valence-corrected chi connectivity index (χ0v) is 8.76. The van der Waals surface area contributed by atoms with Crippen LogP contribution < -0.4 is 10.6 Å². The highest BCUT2D eigenvalue weighted by Gasteiger charge is 2.18. The second-order valence-electron chi connectivity index (χ2n) is 3.65. The highest BCUT2D eigenvalue weighted by Crippen LogP contribution is 2.13. The van der Waals surface area contributed by atoms with Gasteiger partial charge in [-0.05, 0) is 12.1 Å². The second-order valence-corrected chi connectivity index (χ2v) is 3.65. The minimum Gasteiger partial charge on any atom is -0.463 e. The zero-order chi connectivity index (χ0) is 10.7. The van der Waals surface area contributed by atoms with Crippen molar-refractivity contribution in [3.8, 4) is 0 Å². The predicted octanol–water partition coefficient (Wildman–Crippen LogP) is 0.836. The Bertz CT molecular complexity index is 350. The molecule has 0 aliphatic carbocycles. The van der Waals surface area contributed by atoms with Crippen molar-refractivity contribution >= 4 is 11.7 Å². The maximum Gasteiger partial charge on any atom is 0.282 e. The summed E-state index contributed by atoms with van der Waals surface area (Å²) in [5.41, 5.74) is 6.63. The summed E-state index contributed by atoms with van der Waals surface area (Å²) in [7, 11) is 2.04. The van der Waals surface area contributed by atoms with Gasteiger partial charge in [-0.3, -0.25) is 0 Å². The molecule has 1 aliphatic rings. The van der Waals surface area contributed by atoms with Crippen molar-refractivity contribution < 1.29 is 4.74 Å². The van der Waals surface area contributed by atoms with Crippen LogP contribution in [-0.4, -0.2) is 32.3 Å². The van der Waals surface area contributed by atoms with E-state index in [1.807, 2.05) is 25.2 Å². The molecule has 0 radical (unpaired) electrons. The van der Waals surface area contributed by atoms with Gasteiger partial charge in [0, 0.05) is 19.3 Å². The number of benzene rings is 1. The lowest BCUT2D eigenvalue weighted by Gasteiger charge is -2.20. The molecule has 0 spiro atoms. The average Bonchev–Trinajstić information content (AvgIpc) is 2.65. The van der Waals surface area contributed by atoms with E-state index in [2.05, 4.69) is 22.0 Å². The summed E-state index contributed by atoms with van der Waals surface area (Å²) in [6, 6.07) is 10.7. The van der Waals surface area contributed by atoms with Gasteiger partial charge in [0.05, 0.1) is 0 Å². The standard InChI is InChI=1S/C11H15N3O/c1-14(10-5-3-2-4-6-10)7-9-8-15-11(12)13-9/h2-6,9H,7-8H2,1H3,(H2,12,13)/t9-/m0/s1. The summed E-state index contributed by atoms with van der Waals surface area (Å²) in [5, 5.41) is 0. The molecule has 0 unspecified atom stereocenters. The SMILES string of the molecule is CN(C[C@H]1COC(N)=N1)c1ccccc1. The lowest BCUT2D eigenvalue weighted by molar-refractivity contribution is 0.314. The van der Waals surface area contributed by atoms with Crippen LogP contribution in [0, 0.1) is 0 Å². The third kappa shape index (κ3) is 2.40. The molecule has 2 N–H and O–H groups in total. The minimum absolute atomic E-state index is 0.148. The Kier molecular flexibility index (Phi) is 2.76. The summed E-state index contributed by atoms with van der Waals surface area (Å²) in [4.78, 5) is 6.33. The first-order valence-corrected chi connectivity index (χ1v) is 4.98. The van der Waals surface area contributed by atoms with Crippen molar-refractivity contribution in [1.29, 1.82) is 0 Å². The van der Waals surface area contributed by atoms with Gasteiger partial charge in [0.1, 0.15) is 12.6 Å². The van der Waals surface area contributed by atoms with Gasteiger partial charge in [-0.2, -0.15) is 0 Å². The maximum absolute atomic E-state index is 5.45. The van der Waals surface area contributed by atoms with E-state index in [1.165, 1.54) is 5.69 Å². The lowest BCUT2D eigenvalue weighted by atomic mass is 10.2. The molecule has 1 aromatic carbocycles. The Balaban J connectivity index is 1.96. The molecule has 1 heterocycles. The smallest absolute Gasteiger partial charge is 0.282 e. The molecule has 4 nitrogen and oxygen atoms in total. The summed E-state index contributed by atoms with van der Waals surface area (Å²) in [6.07, 6.45) is 0. The van der Waals surface area contributed by atoms with E-state index in [-0.39, 0.29) is 6.04 Å². The fraction of sp³-hybridized carbons (Fsp3) is 0.364. The third-order valence-corrected chi connectivity index (χ3v) is 2.41. The van der Waals surface area contributed by atoms with Gasteiger partial charge in [-0.1, -0.05) is 18.2 Å². The number of rotatable bonds is 3. The molecule has 0 fully saturated rings. The van der Waals surface area contributed by atoms with Crippen molar-refractivity contribution in [3.05, 3.63) is 30.3 Å². The van der Waals surface area contributed by atoms with Gasteiger partial charge in [0.15, 0.2) is 0 Å². The van der Waals surface area contributed by atoms with Crippen molar-refractivity contribution in [2.75, 3.05) is 25.1 Å². The van der Waals surface area contributed by atoms with Gasteiger partial charge in [-0.15, -0.1) is 0 Å². The molecule has 0 amide bonds. The van der Waals surface area contributed by atoms with E-state index < -0.39 is 0 Å². The summed E-state index contributed by atoms with van der Waals surface area (Å²) >= 11 is 0. The summed E-state index contributed by atoms with van der Waals surface area (Å²) < 4.78 is 5.10. The maximum atomic E-state index is 5.45. The molecule has 0 bridgehead atoms. The molecule has 4 heteroatoms. The number of likely N-dealkylation sites (N-methyl/N-ethyl adjacent to an activating group) is 1. The Morgan fingerprint density at radius 2 is 2.20 bits per heavy atom. The van der Waals surface area contributed by atoms with Gasteiger partial charge in [0.25, 0.3) is 6.02 Å². The fourth-order valence-electron chi connectivity index (χ4n) is 1.63. The van der Waals surface area contributed by atoms with Gasteiger partial charge >= 0.3 is 0 Å². The fourth-order valence-corrected chi connectivity index (χ4v) is 1.63. The normalized spacial score (nSPS) is 19.5. The second kappa shape index (κ2) is 4.21. The van der Waals surface area contributed by atoms with Gasteiger partial charge in [0.2, 0.25) is 0 Å². The van der Waals surface area contributed by atoms with Crippen molar-refractivity contribution in [2.24, 2.45) is 10.7 Å². The van der Waals surface area contributed by atoms with Crippen LogP contribution in [0.5, 0.6) is 0 Å². The van der Waals surface area contributed by atoms with Gasteiger partial charge in [-0.25, -0.2) is 4.99 Å². The monoisotopic (exact) mass is 205 g/mol. The number of nitrogens with zero attached hydrogens (tertiary/aromatic N) is 2. The van der Waals surface area contributed by atoms with E-state index in [0.717, 1.165) is 6.54 Å². The van der Waals surface area contributed by atoms with E-state index in [4.69, 9.17) is 10.5 Å². The van der Waals surface area contributed by atoms with Crippen LogP contribution in [0.4, 0.5) is 5.69 Å². The molecular weight excluding hydrogens is 190 g/mol. The number of ether oxygens (including phenoxy) is 1. The number of para-hydroxylation sites is 1. The number of nitrogens with two attached hydrogens (primary N) is 1. The number of anilines is 1. The highest BCUT2D eigenvalue weighted by molar-refractivity contribution is 5.73. The number of aliphatic imine (C=N–C) groups is 1. The first-order valence-electron chi connectivity index (χ1n) is 4.98. The first-order chi connectivity index (χ1) is 7.25. The molecule has 0 saturated heterocycles. The van der Waals surface area contributed by atoms with Crippen LogP contribution in [-0.2, 0) is 4.74 Å². The van der Waals surface area contributed by atoms with Crippen LogP contribution in [0.1, 0.15) is 0 Å². The number of amidine groups is 1. The van der Waals surface area contributed by atoms with Crippen LogP contribution in [0.2, 0.25) is 0 Å². The topological polar surface area (TPSA) is 50.9 Å². The summed E-state index contributed by atoms with van der Waals surface area (Å²) in [6.45, 7) is 1.41. The lowest BCUT2D eigenvalue weighted by Crippen LogP contribution is -2.28. The molecule has 0 aromatic heterocycles. The number of hydrogen-bond donors (Lipinski definition) is 1. The van der Waals surface area contributed by atoms with E-state index >= 15 is 0 Å². The number of hydrogen-bond acceptors (Lipinski definition) is 4. The molecule has 1 atom stereocenters. The van der Waals surface area contributed by atoms with E-state index in [9.17, 15) is 0 Å². The van der Waals surface area contributed by atoms with Crippen molar-refractivity contribution in [2.45, 2.75) is 6.04 Å². The first kappa shape index (κ1) is 9.83. The zero-order valence-electron chi connectivity index (χ0n) is 8.76. The Hall–Kier alpha value is -1.71. The molecule has 1 aromatic rings. The predicted molar refractivity (Wildman–Crippen MR) is 61.1 cm³/mol. The van der Waals surface area contributed by atoms with E-state index in [0.29, 0.717) is 12.6 Å². The molecule has 0 saturated carbocycles. The molecular formula is C11H15N3O. The molecule has 80 valence electrons. The Morgan fingerprint density at radius 3 is 2.80 bits per heavy atom.